The van der Waals surface area contributed by atoms with Gasteiger partial charge < -0.3 is 10.1 Å². The highest BCUT2D eigenvalue weighted by Crippen LogP contribution is 2.15. The molecule has 1 N–H and O–H groups in total. The van der Waals surface area contributed by atoms with E-state index in [-0.39, 0.29) is 18.1 Å². The summed E-state index contributed by atoms with van der Waals surface area (Å²) in [5.41, 5.74) is -0.987. The van der Waals surface area contributed by atoms with Gasteiger partial charge in [-0.3, -0.25) is 9.59 Å². The van der Waals surface area contributed by atoms with Gasteiger partial charge in [-0.1, -0.05) is 0 Å². The summed E-state index contributed by atoms with van der Waals surface area (Å²) in [7, 11) is 1.43. The first-order valence-corrected chi connectivity index (χ1v) is 4.29. The Bertz CT molecular complexity index is 203. The molecule has 0 aromatic carbocycles. The first kappa shape index (κ1) is 12.1. The van der Waals surface area contributed by atoms with Crippen LogP contribution < -0.4 is 5.32 Å². The van der Waals surface area contributed by atoms with Crippen molar-refractivity contribution in [2.24, 2.45) is 0 Å². The molecule has 4 heteroatoms. The number of methoxy groups -OCH3 is 1. The Balaban J connectivity index is 4.27. The van der Waals surface area contributed by atoms with Crippen molar-refractivity contribution in [1.82, 2.24) is 5.32 Å². The quantitative estimate of drug-likeness (QED) is 0.682. The van der Waals surface area contributed by atoms with Crippen molar-refractivity contribution < 1.29 is 14.3 Å². The van der Waals surface area contributed by atoms with Gasteiger partial charge in [0.15, 0.2) is 5.78 Å². The SMILES string of the molecule is CCNC(=O)CC(C)(OC)C(C)=O. The smallest absolute Gasteiger partial charge is 0.223 e. The van der Waals surface area contributed by atoms with Gasteiger partial charge in [0, 0.05) is 13.7 Å². The molecule has 0 aliphatic heterocycles. The highest BCUT2D eigenvalue weighted by molar-refractivity contribution is 5.90. The van der Waals surface area contributed by atoms with Crippen LogP contribution in [0.4, 0.5) is 0 Å². The van der Waals surface area contributed by atoms with E-state index in [0.717, 1.165) is 0 Å². The lowest BCUT2D eigenvalue weighted by Crippen LogP contribution is -2.41. The monoisotopic (exact) mass is 187 g/mol. The summed E-state index contributed by atoms with van der Waals surface area (Å²) in [5.74, 6) is -0.302. The minimum Gasteiger partial charge on any atom is -0.370 e. The van der Waals surface area contributed by atoms with Crippen LogP contribution in [0.25, 0.3) is 0 Å². The van der Waals surface area contributed by atoms with Gasteiger partial charge in [-0.05, 0) is 20.8 Å². The molecular formula is C9H17NO3. The van der Waals surface area contributed by atoms with E-state index in [0.29, 0.717) is 6.54 Å². The van der Waals surface area contributed by atoms with Crippen LogP contribution in [0.5, 0.6) is 0 Å². The Morgan fingerprint density at radius 1 is 1.46 bits per heavy atom. The van der Waals surface area contributed by atoms with E-state index in [4.69, 9.17) is 4.74 Å². The minimum absolute atomic E-state index is 0.0761. The fourth-order valence-corrected chi connectivity index (χ4v) is 0.906. The standard InChI is InChI=1S/C9H17NO3/c1-5-10-8(12)6-9(3,13-4)7(2)11/h5-6H2,1-4H3,(H,10,12). The average Bonchev–Trinajstić information content (AvgIpc) is 2.04. The average molecular weight is 187 g/mol. The van der Waals surface area contributed by atoms with Crippen LogP contribution in [-0.2, 0) is 14.3 Å². The van der Waals surface area contributed by atoms with Gasteiger partial charge in [0.1, 0.15) is 5.60 Å². The van der Waals surface area contributed by atoms with E-state index in [1.807, 2.05) is 6.92 Å². The molecule has 13 heavy (non-hydrogen) atoms. The van der Waals surface area contributed by atoms with Gasteiger partial charge in [-0.2, -0.15) is 0 Å². The van der Waals surface area contributed by atoms with Crippen molar-refractivity contribution in [3.8, 4) is 0 Å². The van der Waals surface area contributed by atoms with E-state index in [1.165, 1.54) is 14.0 Å². The number of hydrogen-bond donors (Lipinski definition) is 1. The summed E-state index contributed by atoms with van der Waals surface area (Å²) in [6, 6.07) is 0. The first-order chi connectivity index (χ1) is 5.96. The lowest BCUT2D eigenvalue weighted by Gasteiger charge is -2.23. The van der Waals surface area contributed by atoms with Gasteiger partial charge in [-0.25, -0.2) is 0 Å². The summed E-state index contributed by atoms with van der Waals surface area (Å²) >= 11 is 0. The Kier molecular flexibility index (Phi) is 4.62. The summed E-state index contributed by atoms with van der Waals surface area (Å²) in [6.07, 6.45) is 0.0761. The third kappa shape index (κ3) is 3.55. The highest BCUT2D eigenvalue weighted by atomic mass is 16.5. The van der Waals surface area contributed by atoms with Gasteiger partial charge in [0.05, 0.1) is 6.42 Å². The molecule has 1 unspecified atom stereocenters. The number of Topliss-reactive ketones (excluding diaryl/α,β-unsaturated/α-hetero) is 1. The number of ether oxygens (including phenoxy) is 1. The highest BCUT2D eigenvalue weighted by Gasteiger charge is 2.31. The normalized spacial score (nSPS) is 14.8. The summed E-state index contributed by atoms with van der Waals surface area (Å²) in [6.45, 7) is 5.43. The number of rotatable bonds is 5. The van der Waals surface area contributed by atoms with Crippen molar-refractivity contribution in [3.05, 3.63) is 0 Å². The number of nitrogens with one attached hydrogen (secondary N) is 1. The predicted octanol–water partition coefficient (Wildman–Crippen LogP) is 0.507. The first-order valence-electron chi connectivity index (χ1n) is 4.29. The van der Waals surface area contributed by atoms with Gasteiger partial charge in [0.2, 0.25) is 5.91 Å². The van der Waals surface area contributed by atoms with E-state index < -0.39 is 5.60 Å². The minimum atomic E-state index is -0.987. The zero-order valence-corrected chi connectivity index (χ0v) is 8.64. The molecule has 0 spiro atoms. The molecule has 0 aromatic rings. The van der Waals surface area contributed by atoms with Crippen molar-refractivity contribution in [3.63, 3.8) is 0 Å². The number of carbonyl (C=O) groups excluding carboxylic acids is 2. The Labute approximate surface area is 78.6 Å². The molecule has 1 amide bonds. The number of hydrogen-bond acceptors (Lipinski definition) is 3. The van der Waals surface area contributed by atoms with Gasteiger partial charge in [0.25, 0.3) is 0 Å². The molecule has 4 nitrogen and oxygen atoms in total. The molecule has 0 saturated heterocycles. The summed E-state index contributed by atoms with van der Waals surface area (Å²) in [5, 5.41) is 2.62. The number of carbonyl (C=O) groups is 2. The molecular weight excluding hydrogens is 170 g/mol. The summed E-state index contributed by atoms with van der Waals surface area (Å²) in [4.78, 5) is 22.3. The third-order valence-corrected chi connectivity index (χ3v) is 2.07. The Morgan fingerprint density at radius 2 is 2.00 bits per heavy atom. The van der Waals surface area contributed by atoms with Crippen LogP contribution >= 0.6 is 0 Å². The zero-order chi connectivity index (χ0) is 10.5. The topological polar surface area (TPSA) is 55.4 Å². The molecule has 0 aliphatic carbocycles. The number of ketones is 1. The molecule has 0 bridgehead atoms. The Morgan fingerprint density at radius 3 is 2.31 bits per heavy atom. The molecule has 0 rings (SSSR count). The fourth-order valence-electron chi connectivity index (χ4n) is 0.906. The van der Waals surface area contributed by atoms with Crippen LogP contribution in [0.1, 0.15) is 27.2 Å². The molecule has 1 atom stereocenters. The molecule has 0 radical (unpaired) electrons. The van der Waals surface area contributed by atoms with E-state index in [1.54, 1.807) is 6.92 Å². The lowest BCUT2D eigenvalue weighted by molar-refractivity contribution is -0.143. The van der Waals surface area contributed by atoms with Crippen LogP contribution in [0, 0.1) is 0 Å². The predicted molar refractivity (Wildman–Crippen MR) is 49.4 cm³/mol. The maximum Gasteiger partial charge on any atom is 0.223 e. The van der Waals surface area contributed by atoms with Crippen LogP contribution in [0.15, 0.2) is 0 Å². The van der Waals surface area contributed by atoms with E-state index >= 15 is 0 Å². The van der Waals surface area contributed by atoms with Gasteiger partial charge >= 0.3 is 0 Å². The fraction of sp³-hybridized carbons (Fsp3) is 0.778. The second-order valence-corrected chi connectivity index (χ2v) is 3.12. The van der Waals surface area contributed by atoms with Crippen LogP contribution in [0.3, 0.4) is 0 Å². The number of amides is 1. The molecule has 0 fully saturated rings. The maximum absolute atomic E-state index is 11.2. The van der Waals surface area contributed by atoms with E-state index in [9.17, 15) is 9.59 Å². The largest absolute Gasteiger partial charge is 0.370 e. The van der Waals surface area contributed by atoms with E-state index in [2.05, 4.69) is 5.32 Å². The van der Waals surface area contributed by atoms with Crippen molar-refractivity contribution in [1.29, 1.82) is 0 Å². The van der Waals surface area contributed by atoms with Crippen molar-refractivity contribution in [2.75, 3.05) is 13.7 Å². The maximum atomic E-state index is 11.2. The third-order valence-electron chi connectivity index (χ3n) is 2.07. The molecule has 0 aliphatic rings. The van der Waals surface area contributed by atoms with Crippen LogP contribution in [-0.4, -0.2) is 30.9 Å². The second kappa shape index (κ2) is 4.97. The lowest BCUT2D eigenvalue weighted by atomic mass is 9.97. The Hall–Kier alpha value is -0.900. The second-order valence-electron chi connectivity index (χ2n) is 3.12. The van der Waals surface area contributed by atoms with Crippen LogP contribution in [0.2, 0.25) is 0 Å². The molecule has 76 valence electrons. The van der Waals surface area contributed by atoms with Crippen molar-refractivity contribution in [2.45, 2.75) is 32.8 Å². The van der Waals surface area contributed by atoms with Crippen molar-refractivity contribution >= 4 is 11.7 Å². The zero-order valence-electron chi connectivity index (χ0n) is 8.64. The summed E-state index contributed by atoms with van der Waals surface area (Å²) < 4.78 is 5.01. The molecule has 0 aromatic heterocycles. The molecule has 0 heterocycles. The van der Waals surface area contributed by atoms with Gasteiger partial charge in [-0.15, -0.1) is 0 Å². The molecule has 0 saturated carbocycles.